The highest BCUT2D eigenvalue weighted by Gasteiger charge is 2.28. The summed E-state index contributed by atoms with van der Waals surface area (Å²) in [5.41, 5.74) is 1.37. The number of sulfone groups is 1. The zero-order chi connectivity index (χ0) is 25.5. The molecule has 0 atom stereocenters. The first-order valence-electron chi connectivity index (χ1n) is 11.4. The number of likely N-dealkylation sites (tertiary alicyclic amines) is 1. The van der Waals surface area contributed by atoms with Crippen LogP contribution in [0.5, 0.6) is 0 Å². The fourth-order valence-electron chi connectivity index (χ4n) is 4.32. The van der Waals surface area contributed by atoms with Gasteiger partial charge in [-0.05, 0) is 69.4 Å². The fourth-order valence-corrected chi connectivity index (χ4v) is 5.21. The van der Waals surface area contributed by atoms with Crippen molar-refractivity contribution in [1.29, 1.82) is 0 Å². The van der Waals surface area contributed by atoms with E-state index in [9.17, 15) is 17.6 Å². The summed E-state index contributed by atoms with van der Waals surface area (Å²) in [6.45, 7) is 7.00. The number of piperidine rings is 1. The number of ether oxygens (including phenoxy) is 1. The van der Waals surface area contributed by atoms with E-state index in [1.165, 1.54) is 6.07 Å². The molecule has 0 bridgehead atoms. The highest BCUT2D eigenvalue weighted by Crippen LogP contribution is 2.31. The van der Waals surface area contributed by atoms with Gasteiger partial charge in [-0.25, -0.2) is 17.6 Å². The van der Waals surface area contributed by atoms with Crippen molar-refractivity contribution in [3.63, 3.8) is 0 Å². The summed E-state index contributed by atoms with van der Waals surface area (Å²) in [4.78, 5) is 18.5. The van der Waals surface area contributed by atoms with Crippen LogP contribution in [-0.2, 0) is 21.1 Å². The molecule has 0 unspecified atom stereocenters. The molecule has 0 spiro atoms. The van der Waals surface area contributed by atoms with Crippen LogP contribution in [0.4, 0.5) is 9.18 Å². The van der Waals surface area contributed by atoms with Crippen LogP contribution in [0.3, 0.4) is 0 Å². The third kappa shape index (κ3) is 5.78. The molecule has 2 aromatic heterocycles. The Kier molecular flexibility index (Phi) is 6.85. The molecule has 35 heavy (non-hydrogen) atoms. The molecule has 1 fully saturated rings. The molecule has 1 saturated heterocycles. The molecule has 0 saturated carbocycles. The molecule has 0 aliphatic carbocycles. The van der Waals surface area contributed by atoms with Gasteiger partial charge in [0.15, 0.2) is 9.84 Å². The van der Waals surface area contributed by atoms with Gasteiger partial charge in [0.1, 0.15) is 11.4 Å². The minimum absolute atomic E-state index is 0.0570. The lowest BCUT2D eigenvalue weighted by Gasteiger charge is -2.33. The maximum absolute atomic E-state index is 14.8. The standard InChI is InChI=1S/C25H29ClFN3O4S/c1-25(2,3)34-24(31)29-8-5-16(6-9-29)18-12-20(26)22(28-14-18)15-30-10-7-17-11-19(35(4,32)33)13-21(27)23(17)30/h7,10-14,16H,5-6,8-9,15H2,1-4H3. The number of pyridine rings is 1. The average molecular weight is 522 g/mol. The Labute approximate surface area is 209 Å². The van der Waals surface area contributed by atoms with Crippen molar-refractivity contribution in [2.45, 2.75) is 56.6 Å². The molecular weight excluding hydrogens is 493 g/mol. The van der Waals surface area contributed by atoms with Gasteiger partial charge in [-0.1, -0.05) is 11.6 Å². The average Bonchev–Trinajstić information content (AvgIpc) is 3.17. The summed E-state index contributed by atoms with van der Waals surface area (Å²) < 4.78 is 45.5. The number of carbonyl (C=O) groups excluding carboxylic acids is 1. The van der Waals surface area contributed by atoms with Crippen LogP contribution in [0.25, 0.3) is 10.9 Å². The zero-order valence-corrected chi connectivity index (χ0v) is 21.8. The van der Waals surface area contributed by atoms with E-state index < -0.39 is 21.3 Å². The molecule has 0 radical (unpaired) electrons. The Balaban J connectivity index is 1.47. The summed E-state index contributed by atoms with van der Waals surface area (Å²) in [6, 6.07) is 6.07. The van der Waals surface area contributed by atoms with E-state index in [-0.39, 0.29) is 23.5 Å². The van der Waals surface area contributed by atoms with E-state index in [0.717, 1.165) is 30.7 Å². The molecule has 1 aromatic carbocycles. The van der Waals surface area contributed by atoms with Gasteiger partial charge < -0.3 is 14.2 Å². The highest BCUT2D eigenvalue weighted by molar-refractivity contribution is 7.90. The maximum Gasteiger partial charge on any atom is 0.410 e. The van der Waals surface area contributed by atoms with Gasteiger partial charge in [0.05, 0.1) is 27.7 Å². The van der Waals surface area contributed by atoms with E-state index in [0.29, 0.717) is 34.7 Å². The highest BCUT2D eigenvalue weighted by atomic mass is 35.5. The first-order chi connectivity index (χ1) is 16.3. The number of halogens is 2. The zero-order valence-electron chi connectivity index (χ0n) is 20.2. The van der Waals surface area contributed by atoms with E-state index in [1.807, 2.05) is 26.8 Å². The summed E-state index contributed by atoms with van der Waals surface area (Å²) in [7, 11) is -3.52. The molecule has 3 aromatic rings. The lowest BCUT2D eigenvalue weighted by atomic mass is 9.90. The van der Waals surface area contributed by atoms with Crippen LogP contribution in [0.2, 0.25) is 5.02 Å². The topological polar surface area (TPSA) is 81.5 Å². The van der Waals surface area contributed by atoms with Gasteiger partial charge >= 0.3 is 6.09 Å². The van der Waals surface area contributed by atoms with Crippen molar-refractivity contribution in [3.05, 3.63) is 58.8 Å². The minimum Gasteiger partial charge on any atom is -0.444 e. The lowest BCUT2D eigenvalue weighted by molar-refractivity contribution is 0.0205. The largest absolute Gasteiger partial charge is 0.444 e. The minimum atomic E-state index is -3.52. The van der Waals surface area contributed by atoms with Crippen LogP contribution < -0.4 is 0 Å². The Bertz CT molecular complexity index is 1370. The van der Waals surface area contributed by atoms with Crippen molar-refractivity contribution in [1.82, 2.24) is 14.5 Å². The molecule has 1 amide bonds. The van der Waals surface area contributed by atoms with Crippen molar-refractivity contribution >= 4 is 38.4 Å². The molecule has 1 aliphatic rings. The van der Waals surface area contributed by atoms with Crippen molar-refractivity contribution in [2.75, 3.05) is 19.3 Å². The number of carbonyl (C=O) groups is 1. The summed E-state index contributed by atoms with van der Waals surface area (Å²) >= 11 is 6.56. The van der Waals surface area contributed by atoms with Crippen LogP contribution in [0, 0.1) is 5.82 Å². The molecule has 10 heteroatoms. The summed E-state index contributed by atoms with van der Waals surface area (Å²) in [5, 5.41) is 0.974. The second-order valence-corrected chi connectivity index (χ2v) is 12.4. The molecule has 3 heterocycles. The second kappa shape index (κ2) is 9.43. The summed E-state index contributed by atoms with van der Waals surface area (Å²) in [5.74, 6) is -0.385. The number of aromatic nitrogens is 2. The number of benzene rings is 1. The van der Waals surface area contributed by atoms with Gasteiger partial charge in [-0.2, -0.15) is 0 Å². The van der Waals surface area contributed by atoms with Crippen molar-refractivity contribution in [3.8, 4) is 0 Å². The number of nitrogens with zero attached hydrogens (tertiary/aromatic N) is 3. The normalized spacial score (nSPS) is 15.5. The van der Waals surface area contributed by atoms with Gasteiger partial charge in [-0.15, -0.1) is 0 Å². The molecule has 1 aliphatic heterocycles. The van der Waals surface area contributed by atoms with Gasteiger partial charge in [0, 0.05) is 37.1 Å². The van der Waals surface area contributed by atoms with E-state index in [1.54, 1.807) is 27.9 Å². The Hall–Kier alpha value is -2.65. The first kappa shape index (κ1) is 25.4. The third-order valence-corrected chi connectivity index (χ3v) is 7.51. The Morgan fingerprint density at radius 1 is 1.23 bits per heavy atom. The van der Waals surface area contributed by atoms with Gasteiger partial charge in [0.2, 0.25) is 0 Å². The predicted molar refractivity (Wildman–Crippen MR) is 133 cm³/mol. The maximum atomic E-state index is 14.8. The second-order valence-electron chi connectivity index (χ2n) is 10.00. The predicted octanol–water partition coefficient (Wildman–Crippen LogP) is 5.40. The van der Waals surface area contributed by atoms with Crippen LogP contribution >= 0.6 is 11.6 Å². The monoisotopic (exact) mass is 521 g/mol. The molecule has 0 N–H and O–H groups in total. The van der Waals surface area contributed by atoms with E-state index in [4.69, 9.17) is 16.3 Å². The number of hydrogen-bond acceptors (Lipinski definition) is 5. The van der Waals surface area contributed by atoms with Gasteiger partial charge in [0.25, 0.3) is 0 Å². The van der Waals surface area contributed by atoms with E-state index >= 15 is 0 Å². The molecule has 7 nitrogen and oxygen atoms in total. The van der Waals surface area contributed by atoms with Crippen molar-refractivity contribution < 1.29 is 22.3 Å². The molecular formula is C25H29ClFN3O4S. The van der Waals surface area contributed by atoms with Crippen LogP contribution in [0.1, 0.15) is 50.8 Å². The van der Waals surface area contributed by atoms with E-state index in [2.05, 4.69) is 4.98 Å². The number of fused-ring (bicyclic) bond motifs is 1. The van der Waals surface area contributed by atoms with Crippen LogP contribution in [-0.4, -0.2) is 53.9 Å². The van der Waals surface area contributed by atoms with Crippen LogP contribution in [0.15, 0.2) is 41.6 Å². The Morgan fingerprint density at radius 2 is 1.91 bits per heavy atom. The number of hydrogen-bond donors (Lipinski definition) is 0. The quantitative estimate of drug-likeness (QED) is 0.459. The fraction of sp³-hybridized carbons (Fsp3) is 0.440. The number of rotatable bonds is 4. The Morgan fingerprint density at radius 3 is 2.51 bits per heavy atom. The SMILES string of the molecule is CC(C)(C)OC(=O)N1CCC(c2cnc(Cn3ccc4cc(S(C)(=O)=O)cc(F)c43)c(Cl)c2)CC1. The smallest absolute Gasteiger partial charge is 0.410 e. The molecule has 188 valence electrons. The first-order valence-corrected chi connectivity index (χ1v) is 13.7. The third-order valence-electron chi connectivity index (χ3n) is 6.09. The summed E-state index contributed by atoms with van der Waals surface area (Å²) in [6.07, 6.45) is 5.81. The lowest BCUT2D eigenvalue weighted by Crippen LogP contribution is -2.41. The van der Waals surface area contributed by atoms with Crippen molar-refractivity contribution in [2.24, 2.45) is 0 Å². The number of amides is 1. The molecule has 4 rings (SSSR count). The van der Waals surface area contributed by atoms with Gasteiger partial charge in [-0.3, -0.25) is 4.98 Å².